The van der Waals surface area contributed by atoms with Crippen LogP contribution in [0.3, 0.4) is 0 Å². The van der Waals surface area contributed by atoms with Gasteiger partial charge in [-0.15, -0.1) is 0 Å². The maximum absolute atomic E-state index is 11.9. The average molecular weight is 261 g/mol. The third kappa shape index (κ3) is 4.35. The second-order valence-electron chi connectivity index (χ2n) is 5.61. The quantitative estimate of drug-likeness (QED) is 0.848. The van der Waals surface area contributed by atoms with Gasteiger partial charge >= 0.3 is 5.97 Å². The smallest absolute Gasteiger partial charge is 0.323 e. The van der Waals surface area contributed by atoms with Crippen molar-refractivity contribution in [2.75, 3.05) is 0 Å². The number of ether oxygens (including phenoxy) is 1. The lowest BCUT2D eigenvalue weighted by Crippen LogP contribution is -2.37. The van der Waals surface area contributed by atoms with Crippen molar-refractivity contribution in [2.24, 2.45) is 11.7 Å². The number of esters is 1. The number of carbonyl (C=O) groups is 1. The van der Waals surface area contributed by atoms with Crippen molar-refractivity contribution in [1.82, 2.24) is 0 Å². The summed E-state index contributed by atoms with van der Waals surface area (Å²) in [6, 6.07) is 9.27. The molecule has 1 aromatic carbocycles. The molecule has 2 N–H and O–H groups in total. The Hall–Kier alpha value is -1.35. The van der Waals surface area contributed by atoms with Crippen LogP contribution in [0.5, 0.6) is 0 Å². The molecule has 1 aliphatic rings. The lowest BCUT2D eigenvalue weighted by molar-refractivity contribution is -0.152. The Kier molecular flexibility index (Phi) is 4.97. The molecule has 3 nitrogen and oxygen atoms in total. The molecule has 1 aromatic rings. The second-order valence-corrected chi connectivity index (χ2v) is 5.61. The number of nitrogens with two attached hydrogens (primary N) is 1. The van der Waals surface area contributed by atoms with E-state index in [0.29, 0.717) is 6.42 Å². The maximum Gasteiger partial charge on any atom is 0.323 e. The van der Waals surface area contributed by atoms with Crippen LogP contribution in [-0.2, 0) is 16.0 Å². The van der Waals surface area contributed by atoms with E-state index in [1.165, 1.54) is 0 Å². The van der Waals surface area contributed by atoms with Crippen LogP contribution in [0.25, 0.3) is 0 Å². The van der Waals surface area contributed by atoms with Gasteiger partial charge in [-0.3, -0.25) is 4.79 Å². The second kappa shape index (κ2) is 6.71. The lowest BCUT2D eigenvalue weighted by atomic mass is 9.89. The topological polar surface area (TPSA) is 52.3 Å². The SMILES string of the molecule is CC1CCC(OC(=O)C(N)Cc2ccccc2)CC1. The Morgan fingerprint density at radius 2 is 1.89 bits per heavy atom. The van der Waals surface area contributed by atoms with Crippen molar-refractivity contribution in [3.05, 3.63) is 35.9 Å². The van der Waals surface area contributed by atoms with Gasteiger partial charge in [-0.1, -0.05) is 37.3 Å². The van der Waals surface area contributed by atoms with Crippen molar-refractivity contribution in [3.8, 4) is 0 Å². The molecule has 0 saturated heterocycles. The minimum atomic E-state index is -0.554. The molecular weight excluding hydrogens is 238 g/mol. The summed E-state index contributed by atoms with van der Waals surface area (Å²) in [5, 5.41) is 0. The summed E-state index contributed by atoms with van der Waals surface area (Å²) in [7, 11) is 0. The fourth-order valence-corrected chi connectivity index (χ4v) is 2.55. The van der Waals surface area contributed by atoms with Crippen LogP contribution >= 0.6 is 0 Å². The first kappa shape index (κ1) is 14.1. The highest BCUT2D eigenvalue weighted by Crippen LogP contribution is 2.25. The predicted octanol–water partition coefficient (Wildman–Crippen LogP) is 2.68. The van der Waals surface area contributed by atoms with Crippen molar-refractivity contribution < 1.29 is 9.53 Å². The van der Waals surface area contributed by atoms with Gasteiger partial charge in [0, 0.05) is 0 Å². The van der Waals surface area contributed by atoms with Gasteiger partial charge in [0.05, 0.1) is 0 Å². The number of hydrogen-bond donors (Lipinski definition) is 1. The molecule has 0 spiro atoms. The Bertz CT molecular complexity index is 396. The Balaban J connectivity index is 1.79. The van der Waals surface area contributed by atoms with Crippen LogP contribution in [0.1, 0.15) is 38.2 Å². The van der Waals surface area contributed by atoms with Gasteiger partial charge in [-0.05, 0) is 43.6 Å². The molecular formula is C16H23NO2. The summed E-state index contributed by atoms with van der Waals surface area (Å²) in [4.78, 5) is 11.9. The summed E-state index contributed by atoms with van der Waals surface area (Å²) in [6.45, 7) is 2.25. The zero-order chi connectivity index (χ0) is 13.7. The van der Waals surface area contributed by atoms with Crippen LogP contribution in [-0.4, -0.2) is 18.1 Å². The first-order chi connectivity index (χ1) is 9.15. The van der Waals surface area contributed by atoms with Crippen molar-refractivity contribution >= 4 is 5.97 Å². The molecule has 0 aliphatic heterocycles. The van der Waals surface area contributed by atoms with E-state index >= 15 is 0 Å². The molecule has 1 atom stereocenters. The maximum atomic E-state index is 11.9. The van der Waals surface area contributed by atoms with Gasteiger partial charge in [0.1, 0.15) is 12.1 Å². The van der Waals surface area contributed by atoms with E-state index in [0.717, 1.165) is 37.2 Å². The lowest BCUT2D eigenvalue weighted by Gasteiger charge is -2.27. The van der Waals surface area contributed by atoms with Gasteiger partial charge in [0.2, 0.25) is 0 Å². The molecule has 1 saturated carbocycles. The van der Waals surface area contributed by atoms with Crippen molar-refractivity contribution in [3.63, 3.8) is 0 Å². The first-order valence-corrected chi connectivity index (χ1v) is 7.15. The largest absolute Gasteiger partial charge is 0.461 e. The highest BCUT2D eigenvalue weighted by atomic mass is 16.5. The summed E-state index contributed by atoms with van der Waals surface area (Å²) < 4.78 is 5.51. The first-order valence-electron chi connectivity index (χ1n) is 7.15. The van der Waals surface area contributed by atoms with Crippen LogP contribution in [0, 0.1) is 5.92 Å². The fraction of sp³-hybridized carbons (Fsp3) is 0.562. The molecule has 1 fully saturated rings. The van der Waals surface area contributed by atoms with Crippen LogP contribution in [0.15, 0.2) is 30.3 Å². The van der Waals surface area contributed by atoms with Gasteiger partial charge in [0.15, 0.2) is 0 Å². The average Bonchev–Trinajstić information content (AvgIpc) is 2.42. The third-order valence-electron chi connectivity index (χ3n) is 3.85. The fourth-order valence-electron chi connectivity index (χ4n) is 2.55. The van der Waals surface area contributed by atoms with E-state index < -0.39 is 6.04 Å². The van der Waals surface area contributed by atoms with Crippen LogP contribution < -0.4 is 5.73 Å². The number of rotatable bonds is 4. The Morgan fingerprint density at radius 3 is 2.53 bits per heavy atom. The van der Waals surface area contributed by atoms with Crippen LogP contribution in [0.2, 0.25) is 0 Å². The summed E-state index contributed by atoms with van der Waals surface area (Å²) >= 11 is 0. The Labute approximate surface area is 115 Å². The standard InChI is InChI=1S/C16H23NO2/c1-12-7-9-14(10-8-12)19-16(18)15(17)11-13-5-3-2-4-6-13/h2-6,12,14-15H,7-11,17H2,1H3. The van der Waals surface area contributed by atoms with Gasteiger partial charge in [-0.2, -0.15) is 0 Å². The van der Waals surface area contributed by atoms with E-state index in [4.69, 9.17) is 10.5 Å². The molecule has 2 rings (SSSR count). The molecule has 0 heterocycles. The molecule has 0 aromatic heterocycles. The van der Waals surface area contributed by atoms with Crippen molar-refractivity contribution in [2.45, 2.75) is 51.2 Å². The summed E-state index contributed by atoms with van der Waals surface area (Å²) in [5.41, 5.74) is 6.99. The normalized spacial score (nSPS) is 24.7. The molecule has 0 radical (unpaired) electrons. The van der Waals surface area contributed by atoms with E-state index in [9.17, 15) is 4.79 Å². The number of benzene rings is 1. The molecule has 104 valence electrons. The molecule has 0 amide bonds. The van der Waals surface area contributed by atoms with E-state index in [1.807, 2.05) is 30.3 Å². The predicted molar refractivity (Wildman–Crippen MR) is 75.6 cm³/mol. The minimum absolute atomic E-state index is 0.0746. The van der Waals surface area contributed by atoms with E-state index in [2.05, 4.69) is 6.92 Å². The number of carbonyl (C=O) groups excluding carboxylic acids is 1. The summed E-state index contributed by atoms with van der Waals surface area (Å²) in [6.07, 6.45) is 4.86. The van der Waals surface area contributed by atoms with E-state index in [1.54, 1.807) is 0 Å². The van der Waals surface area contributed by atoms with Gasteiger partial charge < -0.3 is 10.5 Å². The van der Waals surface area contributed by atoms with E-state index in [-0.39, 0.29) is 12.1 Å². The molecule has 0 bridgehead atoms. The molecule has 19 heavy (non-hydrogen) atoms. The van der Waals surface area contributed by atoms with Gasteiger partial charge in [-0.25, -0.2) is 0 Å². The third-order valence-corrected chi connectivity index (χ3v) is 3.85. The van der Waals surface area contributed by atoms with Gasteiger partial charge in [0.25, 0.3) is 0 Å². The monoisotopic (exact) mass is 261 g/mol. The molecule has 1 aliphatic carbocycles. The highest BCUT2D eigenvalue weighted by Gasteiger charge is 2.24. The van der Waals surface area contributed by atoms with Crippen molar-refractivity contribution in [1.29, 1.82) is 0 Å². The zero-order valence-corrected chi connectivity index (χ0v) is 11.5. The number of hydrogen-bond acceptors (Lipinski definition) is 3. The minimum Gasteiger partial charge on any atom is -0.461 e. The summed E-state index contributed by atoms with van der Waals surface area (Å²) in [5.74, 6) is 0.497. The van der Waals surface area contributed by atoms with Crippen LogP contribution in [0.4, 0.5) is 0 Å². The molecule has 3 heteroatoms. The molecule has 1 unspecified atom stereocenters. The zero-order valence-electron chi connectivity index (χ0n) is 11.5. The highest BCUT2D eigenvalue weighted by molar-refractivity contribution is 5.76. The Morgan fingerprint density at radius 1 is 1.26 bits per heavy atom.